The minimum absolute atomic E-state index is 0.110. The van der Waals surface area contributed by atoms with Gasteiger partial charge in [0.05, 0.1) is 12.5 Å². The van der Waals surface area contributed by atoms with Gasteiger partial charge in [-0.05, 0) is 36.8 Å². The largest absolute Gasteiger partial charge is 0.497 e. The van der Waals surface area contributed by atoms with Gasteiger partial charge in [0.2, 0.25) is 11.2 Å². The highest BCUT2D eigenvalue weighted by atomic mass is 16.5. The number of methoxy groups -OCH3 is 1. The molecule has 0 unspecified atom stereocenters. The Morgan fingerprint density at radius 2 is 1.69 bits per heavy atom. The monoisotopic (exact) mass is 388 g/mol. The molecule has 0 aliphatic carbocycles. The molecule has 1 heterocycles. The van der Waals surface area contributed by atoms with Crippen LogP contribution < -0.4 is 19.6 Å². The molecular weight excluding hydrogens is 368 g/mol. The van der Waals surface area contributed by atoms with Crippen molar-refractivity contribution in [3.63, 3.8) is 0 Å². The summed E-state index contributed by atoms with van der Waals surface area (Å²) in [5.41, 5.74) is 2.46. The summed E-state index contributed by atoms with van der Waals surface area (Å²) in [6.45, 7) is 2.48. The summed E-state index contributed by atoms with van der Waals surface area (Å²) in [7, 11) is 1.57. The standard InChI is InChI=1S/C24H20O5/c1-16-6-8-17(9-7-16)14-27-19-10-11-21-22(13-19)28-15-23(24(21)25)29-20-5-3-4-18(12-20)26-2/h3-13,15H,14H2,1-2H3. The molecule has 0 aliphatic rings. The van der Waals surface area contributed by atoms with Crippen molar-refractivity contribution in [3.8, 4) is 23.0 Å². The van der Waals surface area contributed by atoms with Crippen LogP contribution in [0.2, 0.25) is 0 Å². The second-order valence-electron chi connectivity index (χ2n) is 6.64. The fourth-order valence-corrected chi connectivity index (χ4v) is 2.89. The Labute approximate surface area is 168 Å². The Balaban J connectivity index is 1.54. The van der Waals surface area contributed by atoms with Crippen LogP contribution in [0.4, 0.5) is 0 Å². The number of fused-ring (bicyclic) bond motifs is 1. The predicted molar refractivity (Wildman–Crippen MR) is 111 cm³/mol. The van der Waals surface area contributed by atoms with E-state index in [-0.39, 0.29) is 11.2 Å². The lowest BCUT2D eigenvalue weighted by Gasteiger charge is -2.09. The molecule has 0 saturated carbocycles. The van der Waals surface area contributed by atoms with Gasteiger partial charge in [-0.25, -0.2) is 0 Å². The predicted octanol–water partition coefficient (Wildman–Crippen LogP) is 5.48. The maximum Gasteiger partial charge on any atom is 0.235 e. The van der Waals surface area contributed by atoms with Crippen LogP contribution in [0.25, 0.3) is 11.0 Å². The molecule has 0 aliphatic heterocycles. The first-order valence-corrected chi connectivity index (χ1v) is 9.18. The van der Waals surface area contributed by atoms with E-state index in [4.69, 9.17) is 18.6 Å². The third kappa shape index (κ3) is 4.24. The Kier molecular flexibility index (Phi) is 5.20. The van der Waals surface area contributed by atoms with Gasteiger partial charge in [-0.15, -0.1) is 0 Å². The van der Waals surface area contributed by atoms with E-state index < -0.39 is 0 Å². The number of benzene rings is 3. The van der Waals surface area contributed by atoms with Crippen molar-refractivity contribution in [1.82, 2.24) is 0 Å². The lowest BCUT2D eigenvalue weighted by atomic mass is 10.2. The Morgan fingerprint density at radius 3 is 2.48 bits per heavy atom. The average molecular weight is 388 g/mol. The van der Waals surface area contributed by atoms with Gasteiger partial charge in [0.25, 0.3) is 0 Å². The first-order valence-electron chi connectivity index (χ1n) is 9.18. The van der Waals surface area contributed by atoms with Crippen molar-refractivity contribution in [1.29, 1.82) is 0 Å². The van der Waals surface area contributed by atoms with Crippen LogP contribution in [-0.4, -0.2) is 7.11 Å². The number of hydrogen-bond acceptors (Lipinski definition) is 5. The van der Waals surface area contributed by atoms with Gasteiger partial charge in [-0.3, -0.25) is 4.79 Å². The van der Waals surface area contributed by atoms with Crippen LogP contribution in [0.1, 0.15) is 11.1 Å². The summed E-state index contributed by atoms with van der Waals surface area (Å²) in [5.74, 6) is 1.87. The normalized spacial score (nSPS) is 10.7. The van der Waals surface area contributed by atoms with E-state index in [0.717, 1.165) is 5.56 Å². The molecule has 29 heavy (non-hydrogen) atoms. The Morgan fingerprint density at radius 1 is 0.897 bits per heavy atom. The second kappa shape index (κ2) is 8.10. The number of rotatable bonds is 6. The SMILES string of the molecule is COc1cccc(Oc2coc3cc(OCc4ccc(C)cc4)ccc3c2=O)c1. The van der Waals surface area contributed by atoms with E-state index >= 15 is 0 Å². The van der Waals surface area contributed by atoms with Gasteiger partial charge in [0.15, 0.2) is 0 Å². The maximum absolute atomic E-state index is 12.8. The van der Waals surface area contributed by atoms with E-state index in [9.17, 15) is 4.79 Å². The molecule has 0 bridgehead atoms. The molecule has 0 N–H and O–H groups in total. The minimum Gasteiger partial charge on any atom is -0.497 e. The topological polar surface area (TPSA) is 57.9 Å². The molecule has 0 amide bonds. The molecule has 4 aromatic rings. The third-order valence-corrected chi connectivity index (χ3v) is 4.51. The summed E-state index contributed by atoms with van der Waals surface area (Å²) in [4.78, 5) is 12.8. The molecule has 5 nitrogen and oxygen atoms in total. The lowest BCUT2D eigenvalue weighted by Crippen LogP contribution is -2.05. The molecular formula is C24H20O5. The highest BCUT2D eigenvalue weighted by Crippen LogP contribution is 2.26. The summed E-state index contributed by atoms with van der Waals surface area (Å²) in [5, 5.41) is 0.424. The first-order chi connectivity index (χ1) is 14.1. The minimum atomic E-state index is -0.251. The molecule has 0 radical (unpaired) electrons. The first kappa shape index (κ1) is 18.6. The van der Waals surface area contributed by atoms with Gasteiger partial charge >= 0.3 is 0 Å². The maximum atomic E-state index is 12.8. The molecule has 146 valence electrons. The second-order valence-corrected chi connectivity index (χ2v) is 6.64. The molecule has 0 saturated heterocycles. The number of ether oxygens (including phenoxy) is 3. The number of hydrogen-bond donors (Lipinski definition) is 0. The quantitative estimate of drug-likeness (QED) is 0.438. The molecule has 5 heteroatoms. The molecule has 4 rings (SSSR count). The highest BCUT2D eigenvalue weighted by Gasteiger charge is 2.11. The van der Waals surface area contributed by atoms with Crippen molar-refractivity contribution in [3.05, 3.63) is 94.3 Å². The molecule has 0 atom stereocenters. The van der Waals surface area contributed by atoms with Crippen LogP contribution in [0.5, 0.6) is 23.0 Å². The van der Waals surface area contributed by atoms with Crippen molar-refractivity contribution < 1.29 is 18.6 Å². The van der Waals surface area contributed by atoms with Crippen LogP contribution in [0, 0.1) is 6.92 Å². The average Bonchev–Trinajstić information content (AvgIpc) is 2.75. The van der Waals surface area contributed by atoms with E-state index in [1.54, 1.807) is 49.6 Å². The fraction of sp³-hybridized carbons (Fsp3) is 0.125. The summed E-state index contributed by atoms with van der Waals surface area (Å²) < 4.78 is 22.3. The van der Waals surface area contributed by atoms with Gasteiger partial charge in [0.1, 0.15) is 35.7 Å². The van der Waals surface area contributed by atoms with Crippen molar-refractivity contribution in [2.45, 2.75) is 13.5 Å². The molecule has 0 spiro atoms. The summed E-state index contributed by atoms with van der Waals surface area (Å²) in [6.07, 6.45) is 1.31. The van der Waals surface area contributed by atoms with Gasteiger partial charge in [0, 0.05) is 12.1 Å². The summed E-state index contributed by atoms with van der Waals surface area (Å²) >= 11 is 0. The zero-order valence-electron chi connectivity index (χ0n) is 16.2. The van der Waals surface area contributed by atoms with E-state index in [0.29, 0.717) is 34.8 Å². The van der Waals surface area contributed by atoms with Gasteiger partial charge in [-0.1, -0.05) is 35.9 Å². The zero-order valence-corrected chi connectivity index (χ0v) is 16.2. The zero-order chi connectivity index (χ0) is 20.2. The third-order valence-electron chi connectivity index (χ3n) is 4.51. The van der Waals surface area contributed by atoms with Gasteiger partial charge in [-0.2, -0.15) is 0 Å². The summed E-state index contributed by atoms with van der Waals surface area (Å²) in [6, 6.07) is 20.3. The van der Waals surface area contributed by atoms with Gasteiger partial charge < -0.3 is 18.6 Å². The van der Waals surface area contributed by atoms with Crippen LogP contribution in [0.3, 0.4) is 0 Å². The molecule has 0 fully saturated rings. The molecule has 3 aromatic carbocycles. The van der Waals surface area contributed by atoms with Crippen molar-refractivity contribution >= 4 is 11.0 Å². The number of aryl methyl sites for hydroxylation is 1. The lowest BCUT2D eigenvalue weighted by molar-refractivity contribution is 0.306. The highest BCUT2D eigenvalue weighted by molar-refractivity contribution is 5.79. The van der Waals surface area contributed by atoms with Crippen molar-refractivity contribution in [2.24, 2.45) is 0 Å². The van der Waals surface area contributed by atoms with E-state index in [1.807, 2.05) is 31.2 Å². The van der Waals surface area contributed by atoms with Crippen molar-refractivity contribution in [2.75, 3.05) is 7.11 Å². The van der Waals surface area contributed by atoms with Crippen LogP contribution >= 0.6 is 0 Å². The van der Waals surface area contributed by atoms with Crippen LogP contribution in [-0.2, 0) is 6.61 Å². The van der Waals surface area contributed by atoms with Crippen LogP contribution in [0.15, 0.2) is 82.2 Å². The Bertz CT molecular complexity index is 1190. The van der Waals surface area contributed by atoms with E-state index in [2.05, 4.69) is 0 Å². The van der Waals surface area contributed by atoms with E-state index in [1.165, 1.54) is 11.8 Å². The Hall–Kier alpha value is -3.73. The smallest absolute Gasteiger partial charge is 0.235 e. The molecule has 1 aromatic heterocycles. The fourth-order valence-electron chi connectivity index (χ4n) is 2.89.